The summed E-state index contributed by atoms with van der Waals surface area (Å²) in [6.07, 6.45) is -3.19. The summed E-state index contributed by atoms with van der Waals surface area (Å²) in [5, 5.41) is 18.6. The molecule has 0 aliphatic rings. The second-order valence-corrected chi connectivity index (χ2v) is 4.27. The van der Waals surface area contributed by atoms with Crippen molar-refractivity contribution in [1.29, 1.82) is 0 Å². The van der Waals surface area contributed by atoms with Gasteiger partial charge in [0.25, 0.3) is 6.43 Å². The molecule has 3 nitrogen and oxygen atoms in total. The first-order chi connectivity index (χ1) is 9.02. The van der Waals surface area contributed by atoms with E-state index < -0.39 is 24.9 Å². The third-order valence-corrected chi connectivity index (χ3v) is 2.76. The number of hydrogen-bond donors (Lipinski definition) is 2. The van der Waals surface area contributed by atoms with Crippen molar-refractivity contribution in [3.63, 3.8) is 0 Å². The summed E-state index contributed by atoms with van der Waals surface area (Å²) < 4.78 is 37.5. The maximum atomic E-state index is 13.0. The molecule has 1 atom stereocenters. The molecular weight excluding hydrogens is 259 g/mol. The number of alkyl halides is 2. The molecule has 1 aromatic carbocycles. The van der Waals surface area contributed by atoms with E-state index in [-0.39, 0.29) is 26.1 Å². The molecule has 0 heterocycles. The summed E-state index contributed by atoms with van der Waals surface area (Å²) in [5.41, 5.74) is 0.418. The number of nitrogens with zero attached hydrogens (tertiary/aromatic N) is 1. The lowest BCUT2D eigenvalue weighted by Gasteiger charge is -2.22. The van der Waals surface area contributed by atoms with Crippen LogP contribution in [0.4, 0.5) is 13.2 Å². The van der Waals surface area contributed by atoms with E-state index in [1.54, 1.807) is 6.07 Å². The highest BCUT2D eigenvalue weighted by atomic mass is 19.3. The third kappa shape index (κ3) is 6.04. The summed E-state index contributed by atoms with van der Waals surface area (Å²) in [6.45, 7) is -0.331. The Hall–Kier alpha value is -1.11. The van der Waals surface area contributed by atoms with Crippen LogP contribution in [-0.2, 0) is 0 Å². The van der Waals surface area contributed by atoms with Gasteiger partial charge in [0.05, 0.1) is 19.3 Å². The van der Waals surface area contributed by atoms with Crippen LogP contribution in [0.25, 0.3) is 0 Å². The lowest BCUT2D eigenvalue weighted by Crippen LogP contribution is -2.33. The first-order valence-electron chi connectivity index (χ1n) is 6.08. The average molecular weight is 277 g/mol. The molecule has 19 heavy (non-hydrogen) atoms. The van der Waals surface area contributed by atoms with Gasteiger partial charge in [0, 0.05) is 13.1 Å². The number of aliphatic hydroxyl groups is 2. The minimum absolute atomic E-state index is 0.125. The van der Waals surface area contributed by atoms with Crippen molar-refractivity contribution in [2.75, 3.05) is 26.2 Å². The van der Waals surface area contributed by atoms with Gasteiger partial charge in [-0.1, -0.05) is 12.1 Å². The lowest BCUT2D eigenvalue weighted by molar-refractivity contribution is 0.0660. The molecule has 0 aliphatic carbocycles. The number of hydrogen-bond acceptors (Lipinski definition) is 3. The molecule has 0 saturated heterocycles. The molecule has 2 N–H and O–H groups in total. The van der Waals surface area contributed by atoms with Crippen LogP contribution in [0, 0.1) is 5.82 Å². The van der Waals surface area contributed by atoms with Gasteiger partial charge in [0.2, 0.25) is 0 Å². The van der Waals surface area contributed by atoms with Crippen LogP contribution in [0.2, 0.25) is 0 Å². The molecule has 0 amide bonds. The van der Waals surface area contributed by atoms with E-state index in [9.17, 15) is 18.3 Å². The predicted molar refractivity (Wildman–Crippen MR) is 65.5 cm³/mol. The largest absolute Gasteiger partial charge is 0.395 e. The highest BCUT2D eigenvalue weighted by Gasteiger charge is 2.14. The fourth-order valence-electron chi connectivity index (χ4n) is 1.82. The van der Waals surface area contributed by atoms with E-state index in [4.69, 9.17) is 5.11 Å². The van der Waals surface area contributed by atoms with Crippen LogP contribution in [0.3, 0.4) is 0 Å². The molecule has 0 bridgehead atoms. The first kappa shape index (κ1) is 15.9. The lowest BCUT2D eigenvalue weighted by atomic mass is 10.1. The molecule has 0 radical (unpaired) electrons. The fraction of sp³-hybridized carbons (Fsp3) is 0.538. The molecule has 1 rings (SSSR count). The maximum Gasteiger partial charge on any atom is 0.251 e. The second kappa shape index (κ2) is 8.14. The SMILES string of the molecule is OCCN(CCC(O)c1cccc(F)c1)CC(F)F. The minimum Gasteiger partial charge on any atom is -0.395 e. The van der Waals surface area contributed by atoms with Crippen molar-refractivity contribution in [3.05, 3.63) is 35.6 Å². The number of rotatable bonds is 8. The zero-order valence-electron chi connectivity index (χ0n) is 10.5. The normalized spacial score (nSPS) is 13.2. The topological polar surface area (TPSA) is 43.7 Å². The third-order valence-electron chi connectivity index (χ3n) is 2.76. The standard InChI is InChI=1S/C13H18F3NO2/c14-11-3-1-2-10(8-11)12(19)4-5-17(6-7-18)9-13(15)16/h1-3,8,12-13,18-19H,4-7,9H2. The maximum absolute atomic E-state index is 13.0. The second-order valence-electron chi connectivity index (χ2n) is 4.27. The van der Waals surface area contributed by atoms with Gasteiger partial charge in [-0.15, -0.1) is 0 Å². The molecule has 0 saturated carbocycles. The monoisotopic (exact) mass is 277 g/mol. The Morgan fingerprint density at radius 1 is 1.21 bits per heavy atom. The van der Waals surface area contributed by atoms with E-state index in [0.29, 0.717) is 5.56 Å². The predicted octanol–water partition coefficient (Wildman–Crippen LogP) is 1.81. The Bertz CT molecular complexity index is 377. The molecule has 1 unspecified atom stereocenters. The van der Waals surface area contributed by atoms with Crippen LogP contribution in [0.1, 0.15) is 18.1 Å². The van der Waals surface area contributed by atoms with Crippen molar-refractivity contribution in [1.82, 2.24) is 4.90 Å². The number of benzene rings is 1. The van der Waals surface area contributed by atoms with E-state index >= 15 is 0 Å². The van der Waals surface area contributed by atoms with Crippen molar-refractivity contribution in [2.45, 2.75) is 19.0 Å². The Balaban J connectivity index is 2.49. The van der Waals surface area contributed by atoms with Gasteiger partial charge in [-0.25, -0.2) is 13.2 Å². The Morgan fingerprint density at radius 3 is 2.53 bits per heavy atom. The van der Waals surface area contributed by atoms with Gasteiger partial charge in [0.1, 0.15) is 5.82 Å². The Morgan fingerprint density at radius 2 is 1.95 bits per heavy atom. The zero-order valence-corrected chi connectivity index (χ0v) is 10.5. The Labute approximate surface area is 110 Å². The molecule has 1 aromatic rings. The van der Waals surface area contributed by atoms with Gasteiger partial charge >= 0.3 is 0 Å². The molecule has 0 aromatic heterocycles. The zero-order chi connectivity index (χ0) is 14.3. The smallest absolute Gasteiger partial charge is 0.251 e. The number of halogens is 3. The first-order valence-corrected chi connectivity index (χ1v) is 6.08. The molecular formula is C13H18F3NO2. The molecule has 0 aliphatic heterocycles. The van der Waals surface area contributed by atoms with Crippen LogP contribution < -0.4 is 0 Å². The average Bonchev–Trinajstić information content (AvgIpc) is 2.35. The van der Waals surface area contributed by atoms with Gasteiger partial charge < -0.3 is 10.2 Å². The van der Waals surface area contributed by atoms with Crippen molar-refractivity contribution in [3.8, 4) is 0 Å². The van der Waals surface area contributed by atoms with Crippen molar-refractivity contribution < 1.29 is 23.4 Å². The van der Waals surface area contributed by atoms with E-state index in [1.807, 2.05) is 0 Å². The van der Waals surface area contributed by atoms with Crippen LogP contribution in [0.5, 0.6) is 0 Å². The van der Waals surface area contributed by atoms with E-state index in [0.717, 1.165) is 0 Å². The molecule has 6 heteroatoms. The molecule has 108 valence electrons. The van der Waals surface area contributed by atoms with Crippen molar-refractivity contribution in [2.24, 2.45) is 0 Å². The summed E-state index contributed by atoms with van der Waals surface area (Å²) in [4.78, 5) is 1.37. The van der Waals surface area contributed by atoms with Crippen LogP contribution in [0.15, 0.2) is 24.3 Å². The van der Waals surface area contributed by atoms with E-state index in [2.05, 4.69) is 0 Å². The minimum atomic E-state index is -2.49. The summed E-state index contributed by atoms with van der Waals surface area (Å²) in [5.74, 6) is -0.448. The quantitative estimate of drug-likeness (QED) is 0.761. The van der Waals surface area contributed by atoms with E-state index in [1.165, 1.54) is 23.1 Å². The van der Waals surface area contributed by atoms with Gasteiger partial charge in [0.15, 0.2) is 0 Å². The van der Waals surface area contributed by atoms with Crippen LogP contribution in [-0.4, -0.2) is 47.8 Å². The summed E-state index contributed by atoms with van der Waals surface area (Å²) >= 11 is 0. The summed E-state index contributed by atoms with van der Waals surface area (Å²) in [6, 6.07) is 5.55. The fourth-order valence-corrected chi connectivity index (χ4v) is 1.82. The Kier molecular flexibility index (Phi) is 6.83. The highest BCUT2D eigenvalue weighted by Crippen LogP contribution is 2.18. The van der Waals surface area contributed by atoms with Gasteiger partial charge in [-0.2, -0.15) is 0 Å². The molecule has 0 fully saturated rings. The number of aliphatic hydroxyl groups excluding tert-OH is 2. The van der Waals surface area contributed by atoms with Gasteiger partial charge in [-0.3, -0.25) is 4.90 Å². The summed E-state index contributed by atoms with van der Waals surface area (Å²) in [7, 11) is 0. The van der Waals surface area contributed by atoms with Crippen LogP contribution >= 0.6 is 0 Å². The van der Waals surface area contributed by atoms with Crippen molar-refractivity contribution >= 4 is 0 Å². The van der Waals surface area contributed by atoms with Gasteiger partial charge in [-0.05, 0) is 24.1 Å². The molecule has 0 spiro atoms. The highest BCUT2D eigenvalue weighted by molar-refractivity contribution is 5.18.